The molecule has 0 aliphatic carbocycles. The van der Waals surface area contributed by atoms with E-state index < -0.39 is 0 Å². The summed E-state index contributed by atoms with van der Waals surface area (Å²) in [4.78, 5) is 8.29. The second-order valence-corrected chi connectivity index (χ2v) is 4.03. The molecule has 3 aromatic rings. The third kappa shape index (κ3) is 1.65. The molecule has 5 heteroatoms. The Balaban J connectivity index is 2.02. The molecular formula is C12H12N4O. The fourth-order valence-electron chi connectivity index (χ4n) is 1.92. The van der Waals surface area contributed by atoms with Crippen molar-refractivity contribution >= 4 is 11.0 Å². The standard InChI is InChI=1S/C12H12N4O/c1-9-14-11-6-10(2-3-12(11)16(9)17)7-15-5-4-13-8-15/h2-6,8,17H,7H2,1H3. The van der Waals surface area contributed by atoms with Crippen molar-refractivity contribution in [2.45, 2.75) is 13.5 Å². The Kier molecular flexibility index (Phi) is 2.11. The van der Waals surface area contributed by atoms with Crippen LogP contribution < -0.4 is 0 Å². The van der Waals surface area contributed by atoms with Gasteiger partial charge in [-0.05, 0) is 24.6 Å². The summed E-state index contributed by atoms with van der Waals surface area (Å²) in [5.41, 5.74) is 2.67. The van der Waals surface area contributed by atoms with E-state index >= 15 is 0 Å². The first kappa shape index (κ1) is 9.89. The number of benzene rings is 1. The van der Waals surface area contributed by atoms with E-state index in [1.54, 1.807) is 19.4 Å². The molecule has 2 aromatic heterocycles. The molecule has 0 aliphatic heterocycles. The lowest BCUT2D eigenvalue weighted by Crippen LogP contribution is -1.96. The summed E-state index contributed by atoms with van der Waals surface area (Å²) >= 11 is 0. The summed E-state index contributed by atoms with van der Waals surface area (Å²) in [7, 11) is 0. The van der Waals surface area contributed by atoms with Crippen molar-refractivity contribution in [2.75, 3.05) is 0 Å². The van der Waals surface area contributed by atoms with Crippen molar-refractivity contribution in [3.8, 4) is 0 Å². The zero-order valence-corrected chi connectivity index (χ0v) is 9.41. The van der Waals surface area contributed by atoms with Crippen LogP contribution in [-0.2, 0) is 6.54 Å². The third-order valence-corrected chi connectivity index (χ3v) is 2.78. The molecule has 0 saturated carbocycles. The Bertz CT molecular complexity index is 655. The van der Waals surface area contributed by atoms with E-state index in [0.29, 0.717) is 5.82 Å². The molecule has 0 fully saturated rings. The quantitative estimate of drug-likeness (QED) is 0.681. The molecule has 0 aliphatic rings. The highest BCUT2D eigenvalue weighted by atomic mass is 16.5. The number of imidazole rings is 2. The van der Waals surface area contributed by atoms with Gasteiger partial charge in [0.15, 0.2) is 0 Å². The molecule has 0 amide bonds. The van der Waals surface area contributed by atoms with Gasteiger partial charge in [-0.1, -0.05) is 6.07 Å². The fourth-order valence-corrected chi connectivity index (χ4v) is 1.92. The normalized spacial score (nSPS) is 11.1. The summed E-state index contributed by atoms with van der Waals surface area (Å²) in [5, 5.41) is 9.68. The van der Waals surface area contributed by atoms with Crippen LogP contribution in [0.15, 0.2) is 36.9 Å². The van der Waals surface area contributed by atoms with Gasteiger partial charge in [-0.2, -0.15) is 4.73 Å². The van der Waals surface area contributed by atoms with E-state index in [2.05, 4.69) is 9.97 Å². The first-order valence-electron chi connectivity index (χ1n) is 5.37. The Morgan fingerprint density at radius 2 is 2.24 bits per heavy atom. The average Bonchev–Trinajstić information content (AvgIpc) is 2.89. The number of aryl methyl sites for hydroxylation is 1. The van der Waals surface area contributed by atoms with Crippen LogP contribution in [0.2, 0.25) is 0 Å². The molecular weight excluding hydrogens is 216 g/mol. The van der Waals surface area contributed by atoms with E-state index in [0.717, 1.165) is 27.9 Å². The summed E-state index contributed by atoms with van der Waals surface area (Å²) in [6.45, 7) is 2.53. The predicted octanol–water partition coefficient (Wildman–Crippen LogP) is 1.83. The van der Waals surface area contributed by atoms with E-state index in [1.165, 1.54) is 0 Å². The number of nitrogens with zero attached hydrogens (tertiary/aromatic N) is 4. The minimum atomic E-state index is 0.597. The maximum atomic E-state index is 9.68. The van der Waals surface area contributed by atoms with Gasteiger partial charge in [-0.3, -0.25) is 0 Å². The first-order valence-corrected chi connectivity index (χ1v) is 5.37. The highest BCUT2D eigenvalue weighted by Crippen LogP contribution is 2.16. The van der Waals surface area contributed by atoms with Crippen molar-refractivity contribution in [3.05, 3.63) is 48.3 Å². The molecule has 1 N–H and O–H groups in total. The van der Waals surface area contributed by atoms with Crippen molar-refractivity contribution in [2.24, 2.45) is 0 Å². The van der Waals surface area contributed by atoms with E-state index in [4.69, 9.17) is 0 Å². The Morgan fingerprint density at radius 3 is 3.00 bits per heavy atom. The van der Waals surface area contributed by atoms with E-state index in [-0.39, 0.29) is 0 Å². The van der Waals surface area contributed by atoms with E-state index in [1.807, 2.05) is 29.0 Å². The van der Waals surface area contributed by atoms with Crippen LogP contribution in [0.4, 0.5) is 0 Å². The van der Waals surface area contributed by atoms with Gasteiger partial charge in [0.1, 0.15) is 11.3 Å². The smallest absolute Gasteiger partial charge is 0.142 e. The molecule has 0 saturated heterocycles. The van der Waals surface area contributed by atoms with Crippen molar-refractivity contribution < 1.29 is 5.21 Å². The number of rotatable bonds is 2. The van der Waals surface area contributed by atoms with Crippen LogP contribution in [0, 0.1) is 6.92 Å². The fraction of sp³-hybridized carbons (Fsp3) is 0.167. The van der Waals surface area contributed by atoms with Gasteiger partial charge in [0.05, 0.1) is 11.8 Å². The SMILES string of the molecule is Cc1nc2cc(Cn3ccnc3)ccc2n1O. The molecule has 17 heavy (non-hydrogen) atoms. The Morgan fingerprint density at radius 1 is 1.35 bits per heavy atom. The van der Waals surface area contributed by atoms with Gasteiger partial charge in [0, 0.05) is 18.9 Å². The summed E-state index contributed by atoms with van der Waals surface area (Å²) in [6, 6.07) is 5.84. The van der Waals surface area contributed by atoms with Gasteiger partial charge in [-0.15, -0.1) is 0 Å². The minimum absolute atomic E-state index is 0.597. The van der Waals surface area contributed by atoms with Crippen LogP contribution >= 0.6 is 0 Å². The molecule has 0 radical (unpaired) electrons. The lowest BCUT2D eigenvalue weighted by atomic mass is 10.2. The monoisotopic (exact) mass is 228 g/mol. The maximum Gasteiger partial charge on any atom is 0.142 e. The third-order valence-electron chi connectivity index (χ3n) is 2.78. The molecule has 1 aromatic carbocycles. The largest absolute Gasteiger partial charge is 0.427 e. The predicted molar refractivity (Wildman–Crippen MR) is 63.0 cm³/mol. The van der Waals surface area contributed by atoms with Crippen LogP contribution in [-0.4, -0.2) is 24.5 Å². The molecule has 2 heterocycles. The Hall–Kier alpha value is -2.30. The Labute approximate surface area is 97.9 Å². The van der Waals surface area contributed by atoms with Crippen molar-refractivity contribution in [3.63, 3.8) is 0 Å². The second kappa shape index (κ2) is 3.62. The highest BCUT2D eigenvalue weighted by Gasteiger charge is 2.06. The zero-order chi connectivity index (χ0) is 11.8. The van der Waals surface area contributed by atoms with Crippen molar-refractivity contribution in [1.82, 2.24) is 19.3 Å². The first-order chi connectivity index (χ1) is 8.24. The van der Waals surface area contributed by atoms with Gasteiger partial charge in [-0.25, -0.2) is 9.97 Å². The van der Waals surface area contributed by atoms with Crippen molar-refractivity contribution in [1.29, 1.82) is 0 Å². The van der Waals surface area contributed by atoms with Crippen LogP contribution in [0.3, 0.4) is 0 Å². The number of hydrogen-bond donors (Lipinski definition) is 1. The summed E-state index contributed by atoms with van der Waals surface area (Å²) in [6.07, 6.45) is 5.45. The molecule has 86 valence electrons. The van der Waals surface area contributed by atoms with Crippen LogP contribution in [0.5, 0.6) is 0 Å². The van der Waals surface area contributed by atoms with Gasteiger partial charge in [0.2, 0.25) is 0 Å². The summed E-state index contributed by atoms with van der Waals surface area (Å²) < 4.78 is 3.10. The van der Waals surface area contributed by atoms with Gasteiger partial charge in [0.25, 0.3) is 0 Å². The lowest BCUT2D eigenvalue weighted by Gasteiger charge is -2.02. The topological polar surface area (TPSA) is 55.9 Å². The molecule has 0 unspecified atom stereocenters. The highest BCUT2D eigenvalue weighted by molar-refractivity contribution is 5.76. The number of aromatic nitrogens is 4. The molecule has 3 rings (SSSR count). The van der Waals surface area contributed by atoms with Gasteiger partial charge < -0.3 is 9.77 Å². The second-order valence-electron chi connectivity index (χ2n) is 4.03. The lowest BCUT2D eigenvalue weighted by molar-refractivity contribution is 0.191. The van der Waals surface area contributed by atoms with Crippen LogP contribution in [0.25, 0.3) is 11.0 Å². The summed E-state index contributed by atoms with van der Waals surface area (Å²) in [5.74, 6) is 0.597. The van der Waals surface area contributed by atoms with Gasteiger partial charge >= 0.3 is 0 Å². The molecule has 0 atom stereocenters. The number of hydrogen-bond acceptors (Lipinski definition) is 3. The molecule has 5 nitrogen and oxygen atoms in total. The van der Waals surface area contributed by atoms with E-state index in [9.17, 15) is 5.21 Å². The minimum Gasteiger partial charge on any atom is -0.427 e. The molecule has 0 bridgehead atoms. The molecule has 0 spiro atoms. The zero-order valence-electron chi connectivity index (χ0n) is 9.41. The van der Waals surface area contributed by atoms with Crippen LogP contribution in [0.1, 0.15) is 11.4 Å². The average molecular weight is 228 g/mol. The number of fused-ring (bicyclic) bond motifs is 1. The maximum absolute atomic E-state index is 9.68.